The van der Waals surface area contributed by atoms with Gasteiger partial charge in [0.15, 0.2) is 0 Å². The van der Waals surface area contributed by atoms with Crippen LogP contribution in [-0.2, 0) is 9.53 Å². The zero-order valence-corrected chi connectivity index (χ0v) is 7.86. The molecule has 0 amide bonds. The van der Waals surface area contributed by atoms with Gasteiger partial charge in [-0.3, -0.25) is 4.79 Å². The molecule has 0 aliphatic heterocycles. The maximum Gasteiger partial charge on any atom is 0.302 e. The van der Waals surface area contributed by atoms with Crippen molar-refractivity contribution < 1.29 is 9.53 Å². The molecule has 2 nitrogen and oxygen atoms in total. The lowest BCUT2D eigenvalue weighted by Crippen LogP contribution is -2.05. The first-order valence-electron chi connectivity index (χ1n) is 3.86. The minimum Gasteiger partial charge on any atom is -0.466 e. The molecule has 0 radical (unpaired) electrons. The van der Waals surface area contributed by atoms with Crippen molar-refractivity contribution >= 4 is 17.6 Å². The molecule has 0 aliphatic rings. The van der Waals surface area contributed by atoms with E-state index >= 15 is 0 Å². The number of esters is 1. The molecular formula is C8H15ClO2. The van der Waals surface area contributed by atoms with E-state index in [2.05, 4.69) is 6.92 Å². The molecule has 0 fully saturated rings. The second-order valence-electron chi connectivity index (χ2n) is 2.71. The Balaban J connectivity index is 3.16. The van der Waals surface area contributed by atoms with Gasteiger partial charge in [0, 0.05) is 12.8 Å². The van der Waals surface area contributed by atoms with Crippen molar-refractivity contribution in [2.24, 2.45) is 5.92 Å². The molecule has 1 atom stereocenters. The minimum absolute atomic E-state index is 0.205. The molecule has 0 bridgehead atoms. The van der Waals surface area contributed by atoms with Crippen molar-refractivity contribution in [3.8, 4) is 0 Å². The first-order chi connectivity index (χ1) is 5.16. The number of halogens is 1. The third-order valence-corrected chi connectivity index (χ3v) is 1.74. The summed E-state index contributed by atoms with van der Waals surface area (Å²) >= 11 is 5.53. The quantitative estimate of drug-likeness (QED) is 0.477. The topological polar surface area (TPSA) is 26.3 Å². The summed E-state index contributed by atoms with van der Waals surface area (Å²) in [5, 5.41) is 0. The van der Waals surface area contributed by atoms with Gasteiger partial charge in [-0.1, -0.05) is 6.92 Å². The van der Waals surface area contributed by atoms with Gasteiger partial charge in [0.2, 0.25) is 0 Å². The predicted octanol–water partition coefficient (Wildman–Crippen LogP) is 2.20. The predicted molar refractivity (Wildman–Crippen MR) is 45.8 cm³/mol. The molecule has 0 saturated heterocycles. The smallest absolute Gasteiger partial charge is 0.302 e. The third-order valence-electron chi connectivity index (χ3n) is 1.52. The average Bonchev–Trinajstić information content (AvgIpc) is 1.87. The second kappa shape index (κ2) is 6.47. The third kappa shape index (κ3) is 7.66. The van der Waals surface area contributed by atoms with Crippen LogP contribution in [0.1, 0.15) is 26.7 Å². The first-order valence-corrected chi connectivity index (χ1v) is 4.39. The Labute approximate surface area is 72.9 Å². The average molecular weight is 179 g/mol. The lowest BCUT2D eigenvalue weighted by Gasteiger charge is -2.08. The van der Waals surface area contributed by atoms with Crippen LogP contribution in [0.5, 0.6) is 0 Å². The molecule has 0 saturated carbocycles. The Morgan fingerprint density at radius 3 is 2.64 bits per heavy atom. The largest absolute Gasteiger partial charge is 0.466 e. The Morgan fingerprint density at radius 1 is 1.55 bits per heavy atom. The van der Waals surface area contributed by atoms with Gasteiger partial charge in [-0.25, -0.2) is 0 Å². The maximum atomic E-state index is 10.3. The Kier molecular flexibility index (Phi) is 6.33. The van der Waals surface area contributed by atoms with Crippen molar-refractivity contribution in [3.05, 3.63) is 0 Å². The lowest BCUT2D eigenvalue weighted by molar-refractivity contribution is -0.141. The van der Waals surface area contributed by atoms with Gasteiger partial charge in [0.05, 0.1) is 6.61 Å². The molecular weight excluding hydrogens is 164 g/mol. The van der Waals surface area contributed by atoms with Gasteiger partial charge >= 0.3 is 5.97 Å². The summed E-state index contributed by atoms with van der Waals surface area (Å²) in [6.07, 6.45) is 1.90. The summed E-state index contributed by atoms with van der Waals surface area (Å²) in [6, 6.07) is 0. The van der Waals surface area contributed by atoms with E-state index in [-0.39, 0.29) is 5.97 Å². The summed E-state index contributed by atoms with van der Waals surface area (Å²) in [4.78, 5) is 10.3. The van der Waals surface area contributed by atoms with E-state index in [4.69, 9.17) is 16.3 Å². The van der Waals surface area contributed by atoms with Gasteiger partial charge in [0.1, 0.15) is 0 Å². The molecule has 0 N–H and O–H groups in total. The first kappa shape index (κ1) is 10.8. The number of rotatable bonds is 5. The zero-order chi connectivity index (χ0) is 8.69. The van der Waals surface area contributed by atoms with Gasteiger partial charge in [-0.15, -0.1) is 11.6 Å². The van der Waals surface area contributed by atoms with Crippen LogP contribution in [0, 0.1) is 5.92 Å². The summed E-state index contributed by atoms with van der Waals surface area (Å²) < 4.78 is 4.78. The van der Waals surface area contributed by atoms with Crippen molar-refractivity contribution in [3.63, 3.8) is 0 Å². The van der Waals surface area contributed by atoms with Crippen molar-refractivity contribution in [2.45, 2.75) is 26.7 Å². The number of carbonyl (C=O) groups excluding carboxylic acids is 1. The summed E-state index contributed by atoms with van der Waals surface area (Å²) in [7, 11) is 0. The second-order valence-corrected chi connectivity index (χ2v) is 3.09. The minimum atomic E-state index is -0.205. The molecule has 66 valence electrons. The van der Waals surface area contributed by atoms with Crippen molar-refractivity contribution in [1.82, 2.24) is 0 Å². The van der Waals surface area contributed by atoms with Gasteiger partial charge in [-0.2, -0.15) is 0 Å². The Bertz CT molecular complexity index is 115. The number of ether oxygens (including phenoxy) is 1. The molecule has 1 unspecified atom stereocenters. The van der Waals surface area contributed by atoms with E-state index in [1.54, 1.807) is 0 Å². The van der Waals surface area contributed by atoms with Gasteiger partial charge in [0.25, 0.3) is 0 Å². The lowest BCUT2D eigenvalue weighted by atomic mass is 10.1. The number of carbonyl (C=O) groups is 1. The van der Waals surface area contributed by atoms with E-state index in [0.717, 1.165) is 12.8 Å². The number of hydrogen-bond donors (Lipinski definition) is 0. The molecule has 0 rings (SSSR count). The fraction of sp³-hybridized carbons (Fsp3) is 0.875. The summed E-state index contributed by atoms with van der Waals surface area (Å²) in [5.74, 6) is 1.02. The van der Waals surface area contributed by atoms with Crippen molar-refractivity contribution in [2.75, 3.05) is 12.5 Å². The fourth-order valence-electron chi connectivity index (χ4n) is 0.734. The molecule has 0 aromatic rings. The standard InChI is InChI=1S/C8H15ClO2/c1-7(3-5-9)4-6-11-8(2)10/h7H,3-6H2,1-2H3. The van der Waals surface area contributed by atoms with E-state index in [1.807, 2.05) is 0 Å². The van der Waals surface area contributed by atoms with Gasteiger partial charge in [-0.05, 0) is 18.8 Å². The molecule has 0 heterocycles. The molecule has 0 aliphatic carbocycles. The monoisotopic (exact) mass is 178 g/mol. The molecule has 0 aromatic heterocycles. The number of hydrogen-bond acceptors (Lipinski definition) is 2. The highest BCUT2D eigenvalue weighted by atomic mass is 35.5. The Morgan fingerprint density at radius 2 is 2.18 bits per heavy atom. The highest BCUT2D eigenvalue weighted by Crippen LogP contribution is 2.07. The van der Waals surface area contributed by atoms with Gasteiger partial charge < -0.3 is 4.74 Å². The zero-order valence-electron chi connectivity index (χ0n) is 7.10. The highest BCUT2D eigenvalue weighted by molar-refractivity contribution is 6.17. The van der Waals surface area contributed by atoms with Crippen molar-refractivity contribution in [1.29, 1.82) is 0 Å². The molecule has 11 heavy (non-hydrogen) atoms. The van der Waals surface area contributed by atoms with E-state index in [1.165, 1.54) is 6.92 Å². The summed E-state index contributed by atoms with van der Waals surface area (Å²) in [5.41, 5.74) is 0. The van der Waals surface area contributed by atoms with Crippen LogP contribution in [0.3, 0.4) is 0 Å². The van der Waals surface area contributed by atoms with Crippen LogP contribution in [-0.4, -0.2) is 18.5 Å². The van der Waals surface area contributed by atoms with Crippen LogP contribution >= 0.6 is 11.6 Å². The van der Waals surface area contributed by atoms with Crippen LogP contribution in [0.25, 0.3) is 0 Å². The molecule has 0 aromatic carbocycles. The maximum absolute atomic E-state index is 10.3. The highest BCUT2D eigenvalue weighted by Gasteiger charge is 2.01. The van der Waals surface area contributed by atoms with E-state index < -0.39 is 0 Å². The van der Waals surface area contributed by atoms with E-state index in [0.29, 0.717) is 18.4 Å². The number of alkyl halides is 1. The molecule has 0 spiro atoms. The van der Waals surface area contributed by atoms with Crippen LogP contribution in [0.15, 0.2) is 0 Å². The molecule has 3 heteroatoms. The normalized spacial score (nSPS) is 12.6. The van der Waals surface area contributed by atoms with Crippen LogP contribution in [0.2, 0.25) is 0 Å². The van der Waals surface area contributed by atoms with Crippen LogP contribution < -0.4 is 0 Å². The fourth-order valence-corrected chi connectivity index (χ4v) is 1.11. The Hall–Kier alpha value is -0.240. The van der Waals surface area contributed by atoms with Crippen LogP contribution in [0.4, 0.5) is 0 Å². The van der Waals surface area contributed by atoms with E-state index in [9.17, 15) is 4.79 Å². The SMILES string of the molecule is CC(=O)OCCC(C)CCCl. The summed E-state index contributed by atoms with van der Waals surface area (Å²) in [6.45, 7) is 4.05.